The summed E-state index contributed by atoms with van der Waals surface area (Å²) in [4.78, 5) is 0. The van der Waals surface area contributed by atoms with Gasteiger partial charge in [-0.1, -0.05) is 0 Å². The van der Waals surface area contributed by atoms with Gasteiger partial charge in [-0.15, -0.1) is 0 Å². The second-order valence-electron chi connectivity index (χ2n) is 4.42. The summed E-state index contributed by atoms with van der Waals surface area (Å²) in [5.41, 5.74) is 0. The first-order chi connectivity index (χ1) is 3.31. The van der Waals surface area contributed by atoms with Crippen molar-refractivity contribution in [3.8, 4) is 0 Å². The van der Waals surface area contributed by atoms with Gasteiger partial charge in [0.2, 0.25) is 0 Å². The zero-order chi connectivity index (χ0) is 6.86. The molecule has 0 bridgehead atoms. The van der Waals surface area contributed by atoms with Gasteiger partial charge in [-0.3, -0.25) is 0 Å². The van der Waals surface area contributed by atoms with E-state index in [2.05, 4.69) is 33.2 Å². The van der Waals surface area contributed by atoms with E-state index in [1.165, 1.54) is 6.16 Å². The van der Waals surface area contributed by atoms with Crippen LogP contribution in [0.1, 0.15) is 0 Å². The van der Waals surface area contributed by atoms with Gasteiger partial charge >= 0.3 is 52.1 Å². The Balaban J connectivity index is 3.91. The van der Waals surface area contributed by atoms with Gasteiger partial charge < -0.3 is 0 Å². The molecule has 8 heavy (non-hydrogen) atoms. The molecule has 0 radical (unpaired) electrons. The second kappa shape index (κ2) is 1.84. The first-order valence-corrected chi connectivity index (χ1v) is 7.13. The molecular formula is C7H17P. The average molecular weight is 132 g/mol. The maximum absolute atomic E-state index is 3.72. The first-order valence-electron chi connectivity index (χ1n) is 2.92. The molecule has 0 aromatic rings. The van der Waals surface area contributed by atoms with Crippen molar-refractivity contribution in [1.29, 1.82) is 0 Å². The third kappa shape index (κ3) is 6.17. The van der Waals surface area contributed by atoms with E-state index in [4.69, 9.17) is 0 Å². The van der Waals surface area contributed by atoms with Crippen LogP contribution >= 0.6 is 6.60 Å². The molecule has 0 heterocycles. The molecule has 0 aromatic heterocycles. The van der Waals surface area contributed by atoms with Gasteiger partial charge in [-0.05, 0) is 0 Å². The van der Waals surface area contributed by atoms with E-state index in [9.17, 15) is 0 Å². The van der Waals surface area contributed by atoms with Gasteiger partial charge in [0.15, 0.2) is 0 Å². The molecule has 0 aliphatic carbocycles. The first kappa shape index (κ1) is 8.17. The molecule has 0 rings (SSSR count). The molecule has 50 valence electrons. The van der Waals surface area contributed by atoms with Crippen molar-refractivity contribution < 1.29 is 0 Å². The van der Waals surface area contributed by atoms with Crippen molar-refractivity contribution in [1.82, 2.24) is 0 Å². The molecular weight excluding hydrogens is 115 g/mol. The summed E-state index contributed by atoms with van der Waals surface area (Å²) in [6.45, 7) is 11.9. The van der Waals surface area contributed by atoms with Crippen LogP contribution in [0.3, 0.4) is 0 Å². The third-order valence-corrected chi connectivity index (χ3v) is 2.58. The number of hydrogen-bond donors (Lipinski definition) is 0. The van der Waals surface area contributed by atoms with Crippen LogP contribution in [0.5, 0.6) is 0 Å². The Hall–Kier alpha value is 0.170. The van der Waals surface area contributed by atoms with Crippen LogP contribution in [0.2, 0.25) is 0 Å². The van der Waals surface area contributed by atoms with E-state index in [-0.39, 0.29) is 0 Å². The van der Waals surface area contributed by atoms with Crippen LogP contribution in [0.4, 0.5) is 0 Å². The van der Waals surface area contributed by atoms with Gasteiger partial charge in [0.1, 0.15) is 0 Å². The Kier molecular flexibility index (Phi) is 1.88. The molecule has 0 aromatic carbocycles. The summed E-state index contributed by atoms with van der Waals surface area (Å²) in [7, 11) is 0. The van der Waals surface area contributed by atoms with E-state index in [1.807, 2.05) is 6.08 Å². The Labute approximate surface area is 52.9 Å². The summed E-state index contributed by atoms with van der Waals surface area (Å²) in [6, 6.07) is 0. The number of allylic oxidation sites excluding steroid dienone is 1. The summed E-state index contributed by atoms with van der Waals surface area (Å²) in [5, 5.41) is 0. The summed E-state index contributed by atoms with van der Waals surface area (Å²) in [5.74, 6) is 0. The Morgan fingerprint density at radius 2 is 1.62 bits per heavy atom. The van der Waals surface area contributed by atoms with Crippen molar-refractivity contribution >= 4 is 6.60 Å². The molecule has 0 N–H and O–H groups in total. The van der Waals surface area contributed by atoms with Crippen LogP contribution in [0, 0.1) is 0 Å². The zero-order valence-corrected chi connectivity index (χ0v) is 7.33. The SMILES string of the molecule is C=CCP(C)(C)(C)C. The molecule has 0 amide bonds. The van der Waals surface area contributed by atoms with Gasteiger partial charge in [0.05, 0.1) is 0 Å². The molecule has 0 aliphatic heterocycles. The van der Waals surface area contributed by atoms with E-state index in [0.29, 0.717) is 0 Å². The van der Waals surface area contributed by atoms with Crippen LogP contribution in [-0.2, 0) is 0 Å². The van der Waals surface area contributed by atoms with Crippen molar-refractivity contribution in [2.24, 2.45) is 0 Å². The van der Waals surface area contributed by atoms with Crippen LogP contribution < -0.4 is 0 Å². The van der Waals surface area contributed by atoms with Crippen LogP contribution in [-0.4, -0.2) is 32.8 Å². The van der Waals surface area contributed by atoms with Crippen molar-refractivity contribution in [2.45, 2.75) is 0 Å². The fourth-order valence-corrected chi connectivity index (χ4v) is 1.55. The maximum atomic E-state index is 3.72. The molecule has 1 heteroatoms. The van der Waals surface area contributed by atoms with Gasteiger partial charge in [0, 0.05) is 0 Å². The monoisotopic (exact) mass is 132 g/mol. The molecule has 0 saturated heterocycles. The molecule has 0 saturated carbocycles. The third-order valence-electron chi connectivity index (χ3n) is 0.859. The standard InChI is InChI=1S/C7H17P/c1-6-7-8(2,3,4)5/h6H,1,7H2,2-5H3. The Morgan fingerprint density at radius 3 is 1.62 bits per heavy atom. The second-order valence-corrected chi connectivity index (χ2v) is 12.7. The van der Waals surface area contributed by atoms with Gasteiger partial charge in [-0.25, -0.2) is 0 Å². The fourth-order valence-electron chi connectivity index (χ4n) is 0.516. The van der Waals surface area contributed by atoms with Crippen molar-refractivity contribution in [3.63, 3.8) is 0 Å². The Morgan fingerprint density at radius 1 is 1.25 bits per heavy atom. The predicted molar refractivity (Wildman–Crippen MR) is 45.7 cm³/mol. The van der Waals surface area contributed by atoms with E-state index in [1.54, 1.807) is 0 Å². The molecule has 0 unspecified atom stereocenters. The molecule has 0 spiro atoms. The topological polar surface area (TPSA) is 0 Å². The zero-order valence-electron chi connectivity index (χ0n) is 6.44. The van der Waals surface area contributed by atoms with Crippen LogP contribution in [0.25, 0.3) is 0 Å². The molecule has 0 fully saturated rings. The van der Waals surface area contributed by atoms with Crippen molar-refractivity contribution in [3.05, 3.63) is 12.7 Å². The van der Waals surface area contributed by atoms with Crippen LogP contribution in [0.15, 0.2) is 12.7 Å². The van der Waals surface area contributed by atoms with E-state index < -0.39 is 6.60 Å². The van der Waals surface area contributed by atoms with Gasteiger partial charge in [0.25, 0.3) is 0 Å². The normalized spacial score (nSPS) is 16.8. The summed E-state index contributed by atoms with van der Waals surface area (Å²) < 4.78 is 0. The van der Waals surface area contributed by atoms with E-state index in [0.717, 1.165) is 0 Å². The number of rotatable bonds is 2. The molecule has 0 aliphatic rings. The predicted octanol–water partition coefficient (Wildman–Crippen LogP) is 2.24. The summed E-state index contributed by atoms with van der Waals surface area (Å²) >= 11 is 0. The minimum atomic E-state index is -1.22. The molecule has 0 nitrogen and oxygen atoms in total. The van der Waals surface area contributed by atoms with E-state index >= 15 is 0 Å². The van der Waals surface area contributed by atoms with Gasteiger partial charge in [-0.2, -0.15) is 0 Å². The fraction of sp³-hybridized carbons (Fsp3) is 0.714. The Bertz CT molecular complexity index is 85.4. The summed E-state index contributed by atoms with van der Waals surface area (Å²) in [6.07, 6.45) is 3.23. The number of hydrogen-bond acceptors (Lipinski definition) is 0. The minimum absolute atomic E-state index is 1.20. The average Bonchev–Trinajstić information content (AvgIpc) is 1.25. The molecule has 0 atom stereocenters. The quantitative estimate of drug-likeness (QED) is 0.399. The van der Waals surface area contributed by atoms with Crippen molar-refractivity contribution in [2.75, 3.05) is 32.8 Å².